The number of rotatable bonds is 4. The number of anilines is 1. The Labute approximate surface area is 115 Å². The first-order valence-corrected chi connectivity index (χ1v) is 6.29. The maximum atomic E-state index is 5.72. The molecule has 3 nitrogen and oxygen atoms in total. The van der Waals surface area contributed by atoms with Gasteiger partial charge in [0, 0.05) is 11.8 Å². The molecule has 4 heteroatoms. The van der Waals surface area contributed by atoms with E-state index in [9.17, 15) is 0 Å². The van der Waals surface area contributed by atoms with Gasteiger partial charge in [-0.3, -0.25) is 0 Å². The van der Waals surface area contributed by atoms with Crippen molar-refractivity contribution in [1.82, 2.24) is 0 Å². The summed E-state index contributed by atoms with van der Waals surface area (Å²) < 4.78 is 11.7. The Morgan fingerprint density at radius 3 is 2.50 bits per heavy atom. The Hall–Kier alpha value is -1.68. The summed E-state index contributed by atoms with van der Waals surface area (Å²) in [5.74, 6) is 1.58. The Morgan fingerprint density at radius 2 is 1.83 bits per heavy atom. The Kier molecular flexibility index (Phi) is 4.10. The third-order valence-corrected chi connectivity index (χ3v) is 3.16. The molecule has 2 N–H and O–H groups in total. The molecule has 0 aliphatic carbocycles. The summed E-state index contributed by atoms with van der Waals surface area (Å²) >= 11 is 3.43. The van der Waals surface area contributed by atoms with Gasteiger partial charge in [0.15, 0.2) is 0 Å². The van der Waals surface area contributed by atoms with E-state index in [0.29, 0.717) is 12.3 Å². The van der Waals surface area contributed by atoms with Crippen molar-refractivity contribution in [3.05, 3.63) is 52.5 Å². The number of hydrogen-bond acceptors (Lipinski definition) is 3. The van der Waals surface area contributed by atoms with Crippen LogP contribution in [0.1, 0.15) is 5.56 Å². The van der Waals surface area contributed by atoms with Crippen LogP contribution in [-0.2, 0) is 6.61 Å². The lowest BCUT2D eigenvalue weighted by Crippen LogP contribution is -1.97. The summed E-state index contributed by atoms with van der Waals surface area (Å²) in [4.78, 5) is 0. The molecule has 0 atom stereocenters. The number of halogens is 1. The predicted octanol–water partition coefficient (Wildman–Crippen LogP) is 3.62. The van der Waals surface area contributed by atoms with Crippen LogP contribution in [0.3, 0.4) is 0 Å². The average molecular weight is 308 g/mol. The molecule has 94 valence electrons. The quantitative estimate of drug-likeness (QED) is 0.877. The van der Waals surface area contributed by atoms with E-state index in [0.717, 1.165) is 21.5 Å². The fourth-order valence-electron chi connectivity index (χ4n) is 1.51. The van der Waals surface area contributed by atoms with Gasteiger partial charge in [-0.15, -0.1) is 0 Å². The molecular weight excluding hydrogens is 294 g/mol. The van der Waals surface area contributed by atoms with Gasteiger partial charge in [-0.1, -0.05) is 12.1 Å². The monoisotopic (exact) mass is 307 g/mol. The SMILES string of the molecule is COc1ccc(COc2cc(N)ccc2Br)cc1. The highest BCUT2D eigenvalue weighted by Gasteiger charge is 2.02. The van der Waals surface area contributed by atoms with Crippen molar-refractivity contribution < 1.29 is 9.47 Å². The van der Waals surface area contributed by atoms with E-state index in [1.807, 2.05) is 36.4 Å². The lowest BCUT2D eigenvalue weighted by Gasteiger charge is -2.09. The minimum absolute atomic E-state index is 0.492. The van der Waals surface area contributed by atoms with Gasteiger partial charge in [0.1, 0.15) is 18.1 Å². The maximum absolute atomic E-state index is 5.72. The smallest absolute Gasteiger partial charge is 0.136 e. The lowest BCUT2D eigenvalue weighted by molar-refractivity contribution is 0.304. The fraction of sp³-hybridized carbons (Fsp3) is 0.143. The lowest BCUT2D eigenvalue weighted by atomic mass is 10.2. The van der Waals surface area contributed by atoms with Crippen LogP contribution in [0.15, 0.2) is 46.9 Å². The largest absolute Gasteiger partial charge is 0.497 e. The first-order valence-electron chi connectivity index (χ1n) is 5.50. The molecule has 0 unspecified atom stereocenters. The van der Waals surface area contributed by atoms with E-state index < -0.39 is 0 Å². The number of methoxy groups -OCH3 is 1. The molecular formula is C14H14BrNO2. The molecule has 0 heterocycles. The van der Waals surface area contributed by atoms with Crippen LogP contribution in [0, 0.1) is 0 Å². The molecule has 0 radical (unpaired) electrons. The minimum atomic E-state index is 0.492. The minimum Gasteiger partial charge on any atom is -0.497 e. The molecule has 0 spiro atoms. The third-order valence-electron chi connectivity index (χ3n) is 2.51. The number of benzene rings is 2. The molecule has 0 aliphatic heterocycles. The van der Waals surface area contributed by atoms with Crippen LogP contribution in [0.25, 0.3) is 0 Å². The average Bonchev–Trinajstić information content (AvgIpc) is 2.40. The van der Waals surface area contributed by atoms with Gasteiger partial charge in [0.25, 0.3) is 0 Å². The van der Waals surface area contributed by atoms with E-state index in [2.05, 4.69) is 15.9 Å². The molecule has 2 rings (SSSR count). The zero-order chi connectivity index (χ0) is 13.0. The summed E-state index contributed by atoms with van der Waals surface area (Å²) in [5, 5.41) is 0. The van der Waals surface area contributed by atoms with Crippen LogP contribution in [-0.4, -0.2) is 7.11 Å². The standard InChI is InChI=1S/C14H14BrNO2/c1-17-12-5-2-10(3-6-12)9-18-14-8-11(16)4-7-13(14)15/h2-8H,9,16H2,1H3. The molecule has 0 saturated carbocycles. The topological polar surface area (TPSA) is 44.5 Å². The number of ether oxygens (including phenoxy) is 2. The van der Waals surface area contributed by atoms with Crippen molar-refractivity contribution in [2.75, 3.05) is 12.8 Å². The number of hydrogen-bond donors (Lipinski definition) is 1. The molecule has 0 aromatic heterocycles. The first kappa shape index (κ1) is 12.8. The molecule has 0 amide bonds. The van der Waals surface area contributed by atoms with Gasteiger partial charge in [-0.25, -0.2) is 0 Å². The van der Waals surface area contributed by atoms with Crippen molar-refractivity contribution in [1.29, 1.82) is 0 Å². The van der Waals surface area contributed by atoms with Crippen molar-refractivity contribution >= 4 is 21.6 Å². The van der Waals surface area contributed by atoms with Gasteiger partial charge >= 0.3 is 0 Å². The molecule has 2 aromatic rings. The third kappa shape index (κ3) is 3.17. The fourth-order valence-corrected chi connectivity index (χ4v) is 1.87. The zero-order valence-electron chi connectivity index (χ0n) is 10.0. The first-order chi connectivity index (χ1) is 8.69. The van der Waals surface area contributed by atoms with Crippen LogP contribution in [0.5, 0.6) is 11.5 Å². The molecule has 0 bridgehead atoms. The zero-order valence-corrected chi connectivity index (χ0v) is 11.6. The summed E-state index contributed by atoms with van der Waals surface area (Å²) in [5.41, 5.74) is 7.47. The van der Waals surface area contributed by atoms with Crippen LogP contribution >= 0.6 is 15.9 Å². The van der Waals surface area contributed by atoms with E-state index in [1.165, 1.54) is 0 Å². The van der Waals surface area contributed by atoms with E-state index >= 15 is 0 Å². The van der Waals surface area contributed by atoms with Gasteiger partial charge in [-0.05, 0) is 45.8 Å². The van der Waals surface area contributed by atoms with Gasteiger partial charge in [0.05, 0.1) is 11.6 Å². The summed E-state index contributed by atoms with van der Waals surface area (Å²) in [6, 6.07) is 13.3. The van der Waals surface area contributed by atoms with E-state index in [1.54, 1.807) is 13.2 Å². The highest BCUT2D eigenvalue weighted by molar-refractivity contribution is 9.10. The van der Waals surface area contributed by atoms with Gasteiger partial charge < -0.3 is 15.2 Å². The molecule has 0 aliphatic rings. The highest BCUT2D eigenvalue weighted by atomic mass is 79.9. The molecule has 0 fully saturated rings. The van der Waals surface area contributed by atoms with E-state index in [-0.39, 0.29) is 0 Å². The number of nitrogen functional groups attached to an aromatic ring is 1. The second-order valence-corrected chi connectivity index (χ2v) is 4.68. The van der Waals surface area contributed by atoms with Crippen molar-refractivity contribution in [3.63, 3.8) is 0 Å². The van der Waals surface area contributed by atoms with Crippen LogP contribution < -0.4 is 15.2 Å². The van der Waals surface area contributed by atoms with E-state index in [4.69, 9.17) is 15.2 Å². The Morgan fingerprint density at radius 1 is 1.11 bits per heavy atom. The Bertz CT molecular complexity index is 526. The summed E-state index contributed by atoms with van der Waals surface area (Å²) in [6.45, 7) is 0.492. The second kappa shape index (κ2) is 5.78. The number of nitrogens with two attached hydrogens (primary N) is 1. The van der Waals surface area contributed by atoms with Crippen LogP contribution in [0.2, 0.25) is 0 Å². The second-order valence-electron chi connectivity index (χ2n) is 3.83. The summed E-state index contributed by atoms with van der Waals surface area (Å²) in [6.07, 6.45) is 0. The molecule has 18 heavy (non-hydrogen) atoms. The van der Waals surface area contributed by atoms with Gasteiger partial charge in [-0.2, -0.15) is 0 Å². The normalized spacial score (nSPS) is 10.1. The summed E-state index contributed by atoms with van der Waals surface area (Å²) in [7, 11) is 1.65. The predicted molar refractivity (Wildman–Crippen MR) is 75.9 cm³/mol. The van der Waals surface area contributed by atoms with Gasteiger partial charge in [0.2, 0.25) is 0 Å². The van der Waals surface area contributed by atoms with Crippen molar-refractivity contribution in [2.24, 2.45) is 0 Å². The molecule has 2 aromatic carbocycles. The van der Waals surface area contributed by atoms with Crippen molar-refractivity contribution in [2.45, 2.75) is 6.61 Å². The molecule has 0 saturated heterocycles. The maximum Gasteiger partial charge on any atom is 0.136 e. The van der Waals surface area contributed by atoms with Crippen LogP contribution in [0.4, 0.5) is 5.69 Å². The Balaban J connectivity index is 2.04. The van der Waals surface area contributed by atoms with Crippen molar-refractivity contribution in [3.8, 4) is 11.5 Å². The highest BCUT2D eigenvalue weighted by Crippen LogP contribution is 2.27.